The van der Waals surface area contributed by atoms with Gasteiger partial charge in [0, 0.05) is 16.9 Å². The normalized spacial score (nSPS) is 12.7. The van der Waals surface area contributed by atoms with Crippen LogP contribution in [0.3, 0.4) is 0 Å². The van der Waals surface area contributed by atoms with Crippen molar-refractivity contribution in [2.24, 2.45) is 5.73 Å². The van der Waals surface area contributed by atoms with Gasteiger partial charge in [-0.15, -0.1) is 11.3 Å². The van der Waals surface area contributed by atoms with Crippen molar-refractivity contribution >= 4 is 37.5 Å². The number of fused-ring (bicyclic) bond motifs is 1. The van der Waals surface area contributed by atoms with Crippen LogP contribution in [-0.2, 0) is 6.42 Å². The van der Waals surface area contributed by atoms with Crippen LogP contribution in [0.2, 0.25) is 0 Å². The minimum atomic E-state index is -0.0157. The van der Waals surface area contributed by atoms with Crippen LogP contribution >= 0.6 is 27.3 Å². The number of aromatic nitrogens is 1. The minimum absolute atomic E-state index is 0.0157. The molecule has 0 spiro atoms. The third-order valence-electron chi connectivity index (χ3n) is 3.01. The summed E-state index contributed by atoms with van der Waals surface area (Å²) in [7, 11) is 0. The summed E-state index contributed by atoms with van der Waals surface area (Å²) < 4.78 is 2.28. The average Bonchev–Trinajstić information content (AvgIpc) is 2.80. The number of nitrogens with two attached hydrogens (primary N) is 1. The Labute approximate surface area is 124 Å². The molecule has 2 nitrogen and oxygen atoms in total. The van der Waals surface area contributed by atoms with Crippen molar-refractivity contribution in [3.8, 4) is 0 Å². The molecule has 0 radical (unpaired) electrons. The molecular weight excluding hydrogens is 320 g/mol. The van der Waals surface area contributed by atoms with E-state index in [9.17, 15) is 0 Å². The molecule has 2 N–H and O–H groups in total. The highest BCUT2D eigenvalue weighted by Crippen LogP contribution is 2.26. The Hall–Kier alpha value is -1.23. The highest BCUT2D eigenvalue weighted by atomic mass is 79.9. The number of rotatable bonds is 3. The highest BCUT2D eigenvalue weighted by Gasteiger charge is 2.11. The van der Waals surface area contributed by atoms with Crippen molar-refractivity contribution in [1.29, 1.82) is 0 Å². The van der Waals surface area contributed by atoms with Gasteiger partial charge in [-0.1, -0.05) is 40.2 Å². The second kappa shape index (κ2) is 5.41. The Morgan fingerprint density at radius 3 is 2.79 bits per heavy atom. The quantitative estimate of drug-likeness (QED) is 0.776. The molecule has 3 aromatic rings. The molecular formula is C15H13BrN2S. The van der Waals surface area contributed by atoms with Crippen LogP contribution in [0.5, 0.6) is 0 Å². The lowest BCUT2D eigenvalue weighted by Crippen LogP contribution is -2.13. The van der Waals surface area contributed by atoms with E-state index in [4.69, 9.17) is 5.73 Å². The van der Waals surface area contributed by atoms with Gasteiger partial charge in [0.1, 0.15) is 0 Å². The second-order valence-electron chi connectivity index (χ2n) is 4.44. The Morgan fingerprint density at radius 2 is 2.00 bits per heavy atom. The zero-order chi connectivity index (χ0) is 13.2. The molecule has 4 heteroatoms. The zero-order valence-electron chi connectivity index (χ0n) is 10.2. The van der Waals surface area contributed by atoms with Gasteiger partial charge in [0.05, 0.1) is 15.2 Å². The number of benzene rings is 2. The maximum Gasteiger partial charge on any atom is 0.0957 e. The molecule has 0 saturated heterocycles. The fourth-order valence-electron chi connectivity index (χ4n) is 2.05. The van der Waals surface area contributed by atoms with E-state index in [0.717, 1.165) is 27.0 Å². The molecule has 0 bridgehead atoms. The molecule has 0 aliphatic rings. The second-order valence-corrected chi connectivity index (χ2v) is 6.47. The molecule has 1 atom stereocenters. The first kappa shape index (κ1) is 12.8. The minimum Gasteiger partial charge on any atom is -0.324 e. The van der Waals surface area contributed by atoms with Crippen LogP contribution in [0.4, 0.5) is 0 Å². The van der Waals surface area contributed by atoms with E-state index in [2.05, 4.69) is 39.1 Å². The van der Waals surface area contributed by atoms with E-state index in [1.807, 2.05) is 30.3 Å². The van der Waals surface area contributed by atoms with Gasteiger partial charge in [0.25, 0.3) is 0 Å². The van der Waals surface area contributed by atoms with Gasteiger partial charge < -0.3 is 5.73 Å². The summed E-state index contributed by atoms with van der Waals surface area (Å²) in [4.78, 5) is 4.63. The van der Waals surface area contributed by atoms with Crippen LogP contribution in [0.1, 0.15) is 16.6 Å². The lowest BCUT2D eigenvalue weighted by Gasteiger charge is -2.10. The maximum atomic E-state index is 6.26. The molecule has 2 aromatic carbocycles. The Morgan fingerprint density at radius 1 is 1.16 bits per heavy atom. The van der Waals surface area contributed by atoms with Crippen LogP contribution in [-0.4, -0.2) is 4.98 Å². The van der Waals surface area contributed by atoms with E-state index in [1.54, 1.807) is 11.3 Å². The molecule has 1 aromatic heterocycles. The lowest BCUT2D eigenvalue weighted by molar-refractivity contribution is 0.719. The summed E-state index contributed by atoms with van der Waals surface area (Å²) in [5.74, 6) is 0. The Balaban J connectivity index is 1.84. The molecule has 0 saturated carbocycles. The smallest absolute Gasteiger partial charge is 0.0957 e. The van der Waals surface area contributed by atoms with E-state index >= 15 is 0 Å². The van der Waals surface area contributed by atoms with E-state index in [1.165, 1.54) is 4.70 Å². The number of halogens is 1. The summed E-state index contributed by atoms with van der Waals surface area (Å²) in [5.41, 5.74) is 8.46. The molecule has 3 rings (SSSR count). The summed E-state index contributed by atoms with van der Waals surface area (Å²) in [6, 6.07) is 16.3. The standard InChI is InChI=1S/C15H13BrN2S/c16-11-5-3-4-10(8-11)12(17)9-15-18-13-6-1-2-7-14(13)19-15/h1-8,12H,9,17H2. The van der Waals surface area contributed by atoms with Crippen LogP contribution in [0.15, 0.2) is 53.0 Å². The fraction of sp³-hybridized carbons (Fsp3) is 0.133. The molecule has 1 unspecified atom stereocenters. The Bertz CT molecular complexity index is 675. The van der Waals surface area contributed by atoms with Gasteiger partial charge in [0.2, 0.25) is 0 Å². The van der Waals surface area contributed by atoms with Gasteiger partial charge in [-0.2, -0.15) is 0 Å². The van der Waals surface area contributed by atoms with E-state index < -0.39 is 0 Å². The number of nitrogens with zero attached hydrogens (tertiary/aromatic N) is 1. The number of hydrogen-bond acceptors (Lipinski definition) is 3. The van der Waals surface area contributed by atoms with Crippen LogP contribution in [0, 0.1) is 0 Å². The predicted octanol–water partition coefficient (Wildman–Crippen LogP) is 4.30. The van der Waals surface area contributed by atoms with Gasteiger partial charge in [-0.25, -0.2) is 4.98 Å². The molecule has 0 aliphatic heterocycles. The summed E-state index contributed by atoms with van der Waals surface area (Å²) in [6.45, 7) is 0. The van der Waals surface area contributed by atoms with E-state index in [-0.39, 0.29) is 6.04 Å². The molecule has 0 amide bonds. The molecule has 0 aliphatic carbocycles. The predicted molar refractivity (Wildman–Crippen MR) is 84.4 cm³/mol. The Kier molecular flexibility index (Phi) is 3.64. The fourth-order valence-corrected chi connectivity index (χ4v) is 3.49. The third-order valence-corrected chi connectivity index (χ3v) is 4.56. The zero-order valence-corrected chi connectivity index (χ0v) is 12.6. The number of thiazole rings is 1. The topological polar surface area (TPSA) is 38.9 Å². The lowest BCUT2D eigenvalue weighted by atomic mass is 10.1. The van der Waals surface area contributed by atoms with Crippen molar-refractivity contribution in [2.45, 2.75) is 12.5 Å². The van der Waals surface area contributed by atoms with Crippen LogP contribution < -0.4 is 5.73 Å². The number of para-hydroxylation sites is 1. The summed E-state index contributed by atoms with van der Waals surface area (Å²) in [6.07, 6.45) is 0.774. The number of hydrogen-bond donors (Lipinski definition) is 1. The third kappa shape index (κ3) is 2.86. The first-order valence-corrected chi connectivity index (χ1v) is 7.69. The van der Waals surface area contributed by atoms with Crippen molar-refractivity contribution < 1.29 is 0 Å². The summed E-state index contributed by atoms with van der Waals surface area (Å²) in [5, 5.41) is 1.09. The van der Waals surface area contributed by atoms with Crippen molar-refractivity contribution in [2.75, 3.05) is 0 Å². The van der Waals surface area contributed by atoms with Gasteiger partial charge >= 0.3 is 0 Å². The van der Waals surface area contributed by atoms with Gasteiger partial charge in [0.15, 0.2) is 0 Å². The van der Waals surface area contributed by atoms with Crippen molar-refractivity contribution in [3.05, 3.63) is 63.6 Å². The first-order chi connectivity index (χ1) is 9.22. The largest absolute Gasteiger partial charge is 0.324 e. The highest BCUT2D eigenvalue weighted by molar-refractivity contribution is 9.10. The molecule has 1 heterocycles. The average molecular weight is 333 g/mol. The van der Waals surface area contributed by atoms with E-state index in [0.29, 0.717) is 0 Å². The monoisotopic (exact) mass is 332 g/mol. The maximum absolute atomic E-state index is 6.26. The molecule has 0 fully saturated rings. The molecule has 96 valence electrons. The van der Waals surface area contributed by atoms with Crippen LogP contribution in [0.25, 0.3) is 10.2 Å². The summed E-state index contributed by atoms with van der Waals surface area (Å²) >= 11 is 5.20. The SMILES string of the molecule is NC(Cc1nc2ccccc2s1)c1cccc(Br)c1. The first-order valence-electron chi connectivity index (χ1n) is 6.08. The molecule has 19 heavy (non-hydrogen) atoms. The van der Waals surface area contributed by atoms with Crippen molar-refractivity contribution in [3.63, 3.8) is 0 Å². The van der Waals surface area contributed by atoms with Crippen molar-refractivity contribution in [1.82, 2.24) is 4.98 Å². The van der Waals surface area contributed by atoms with Gasteiger partial charge in [-0.05, 0) is 29.8 Å². The van der Waals surface area contributed by atoms with Gasteiger partial charge in [-0.3, -0.25) is 0 Å².